The van der Waals surface area contributed by atoms with Gasteiger partial charge in [0.25, 0.3) is 0 Å². The molecule has 0 aliphatic rings. The van der Waals surface area contributed by atoms with Crippen LogP contribution >= 0.6 is 0 Å². The normalized spacial score (nSPS) is 12.2. The van der Waals surface area contributed by atoms with Crippen LogP contribution in [-0.4, -0.2) is 21.4 Å². The molecule has 6 nitrogen and oxygen atoms in total. The number of aromatic amines is 1. The first kappa shape index (κ1) is 17.5. The summed E-state index contributed by atoms with van der Waals surface area (Å²) in [6.45, 7) is 1.90. The molecule has 0 atom stereocenters. The minimum atomic E-state index is 0.628. The highest BCUT2D eigenvalue weighted by atomic mass is 15.3. The van der Waals surface area contributed by atoms with E-state index < -0.39 is 0 Å². The van der Waals surface area contributed by atoms with Gasteiger partial charge in [-0.25, -0.2) is 4.98 Å². The lowest BCUT2D eigenvalue weighted by atomic mass is 10.2. The number of nitrogens with zero attached hydrogens (tertiary/aromatic N) is 3. The van der Waals surface area contributed by atoms with Gasteiger partial charge in [0.15, 0.2) is 5.82 Å². The molecule has 1 heterocycles. The van der Waals surface area contributed by atoms with E-state index in [9.17, 15) is 0 Å². The molecule has 0 aliphatic heterocycles. The zero-order chi connectivity index (χ0) is 19.2. The number of hydrogen-bond donors (Lipinski definition) is 3. The van der Waals surface area contributed by atoms with Crippen LogP contribution in [-0.2, 0) is 0 Å². The molecule has 0 saturated carbocycles. The van der Waals surface area contributed by atoms with Crippen LogP contribution in [0.4, 0.5) is 11.4 Å². The molecule has 0 unspecified atom stereocenters. The molecule has 3 aromatic carbocycles. The third kappa shape index (κ3) is 4.07. The van der Waals surface area contributed by atoms with Crippen molar-refractivity contribution in [2.75, 3.05) is 10.9 Å². The lowest BCUT2D eigenvalue weighted by Crippen LogP contribution is -2.17. The number of hydrazone groups is 2. The fourth-order valence-corrected chi connectivity index (χ4v) is 2.72. The summed E-state index contributed by atoms with van der Waals surface area (Å²) in [5.41, 5.74) is 11.1. The van der Waals surface area contributed by atoms with Gasteiger partial charge in [0.1, 0.15) is 5.71 Å². The number of benzene rings is 3. The van der Waals surface area contributed by atoms with Crippen LogP contribution in [0.2, 0.25) is 0 Å². The number of nitrogens with one attached hydrogen (secondary N) is 3. The summed E-state index contributed by atoms with van der Waals surface area (Å²) in [7, 11) is 0. The maximum Gasteiger partial charge on any atom is 0.160 e. The predicted octanol–water partition coefficient (Wildman–Crippen LogP) is 4.87. The van der Waals surface area contributed by atoms with Crippen molar-refractivity contribution in [1.82, 2.24) is 9.97 Å². The van der Waals surface area contributed by atoms with Crippen molar-refractivity contribution in [1.29, 1.82) is 0 Å². The van der Waals surface area contributed by atoms with Gasteiger partial charge in [0.2, 0.25) is 0 Å². The van der Waals surface area contributed by atoms with Crippen molar-refractivity contribution >= 4 is 33.8 Å². The van der Waals surface area contributed by atoms with Crippen molar-refractivity contribution in [2.45, 2.75) is 6.92 Å². The Morgan fingerprint density at radius 1 is 0.750 bits per heavy atom. The Hall–Kier alpha value is -3.93. The molecule has 4 rings (SSSR count). The molecule has 0 bridgehead atoms. The largest absolute Gasteiger partial charge is 0.337 e. The molecule has 0 fully saturated rings. The topological polar surface area (TPSA) is 77.5 Å². The monoisotopic (exact) mass is 368 g/mol. The summed E-state index contributed by atoms with van der Waals surface area (Å²) in [5.74, 6) is 0.653. The Morgan fingerprint density at radius 2 is 1.32 bits per heavy atom. The van der Waals surface area contributed by atoms with Crippen molar-refractivity contribution in [3.63, 3.8) is 0 Å². The Bertz CT molecular complexity index is 1080. The smallest absolute Gasteiger partial charge is 0.160 e. The first-order valence-corrected chi connectivity index (χ1v) is 8.99. The van der Waals surface area contributed by atoms with Gasteiger partial charge >= 0.3 is 0 Å². The summed E-state index contributed by atoms with van der Waals surface area (Å²) in [4.78, 5) is 7.99. The van der Waals surface area contributed by atoms with Crippen LogP contribution in [0, 0.1) is 0 Å². The van der Waals surface area contributed by atoms with Crippen molar-refractivity contribution in [3.05, 3.63) is 90.8 Å². The Kier molecular flexibility index (Phi) is 5.11. The van der Waals surface area contributed by atoms with E-state index in [4.69, 9.17) is 0 Å². The molecule has 4 aromatic rings. The molecule has 0 spiro atoms. The van der Waals surface area contributed by atoms with Crippen molar-refractivity contribution < 1.29 is 0 Å². The number of rotatable bonds is 6. The second kappa shape index (κ2) is 8.18. The van der Waals surface area contributed by atoms with Crippen molar-refractivity contribution in [2.24, 2.45) is 10.2 Å². The average Bonchev–Trinajstić information content (AvgIpc) is 3.18. The summed E-state index contributed by atoms with van der Waals surface area (Å²) in [6, 6.07) is 27.5. The van der Waals surface area contributed by atoms with Crippen LogP contribution in [0.3, 0.4) is 0 Å². The molecule has 6 heteroatoms. The number of anilines is 2. The van der Waals surface area contributed by atoms with E-state index in [-0.39, 0.29) is 0 Å². The van der Waals surface area contributed by atoms with Gasteiger partial charge < -0.3 is 4.98 Å². The summed E-state index contributed by atoms with van der Waals surface area (Å²) in [5, 5.41) is 9.06. The molecule has 0 aliphatic carbocycles. The van der Waals surface area contributed by atoms with E-state index >= 15 is 0 Å². The third-order valence-corrected chi connectivity index (χ3v) is 4.15. The SMILES string of the molecule is CC(=N\Nc1ccccc1)/C(=N\Nc1ccccc1)c1nc2ccccc2[nH]1. The van der Waals surface area contributed by atoms with Gasteiger partial charge in [-0.2, -0.15) is 10.2 Å². The first-order valence-electron chi connectivity index (χ1n) is 8.99. The summed E-state index contributed by atoms with van der Waals surface area (Å²) < 4.78 is 0. The van der Waals surface area contributed by atoms with Crippen LogP contribution < -0.4 is 10.9 Å². The Balaban J connectivity index is 1.67. The highest BCUT2D eigenvalue weighted by Crippen LogP contribution is 2.13. The van der Waals surface area contributed by atoms with Gasteiger partial charge in [-0.05, 0) is 43.3 Å². The van der Waals surface area contributed by atoms with Crippen molar-refractivity contribution in [3.8, 4) is 0 Å². The van der Waals surface area contributed by atoms with Gasteiger partial charge in [-0.3, -0.25) is 10.9 Å². The minimum absolute atomic E-state index is 0.628. The number of fused-ring (bicyclic) bond motifs is 1. The number of H-pyrrole nitrogens is 1. The summed E-state index contributed by atoms with van der Waals surface area (Å²) in [6.07, 6.45) is 0. The van der Waals surface area contributed by atoms with Crippen LogP contribution in [0.1, 0.15) is 12.7 Å². The molecule has 28 heavy (non-hydrogen) atoms. The number of imidazole rings is 1. The zero-order valence-electron chi connectivity index (χ0n) is 15.4. The van der Waals surface area contributed by atoms with Crippen LogP contribution in [0.15, 0.2) is 95.1 Å². The molecule has 1 aromatic heterocycles. The first-order chi connectivity index (χ1) is 13.8. The maximum absolute atomic E-state index is 4.67. The quantitative estimate of drug-likeness (QED) is 0.336. The molecule has 138 valence electrons. The molecule has 0 amide bonds. The molecule has 0 saturated heterocycles. The van der Waals surface area contributed by atoms with Gasteiger partial charge in [-0.15, -0.1) is 0 Å². The number of hydrogen-bond acceptors (Lipinski definition) is 5. The number of para-hydroxylation sites is 4. The third-order valence-electron chi connectivity index (χ3n) is 4.15. The predicted molar refractivity (Wildman–Crippen MR) is 116 cm³/mol. The van der Waals surface area contributed by atoms with Crippen LogP contribution in [0.5, 0.6) is 0 Å². The highest BCUT2D eigenvalue weighted by Gasteiger charge is 2.13. The Morgan fingerprint density at radius 3 is 1.96 bits per heavy atom. The molecule has 0 radical (unpaired) electrons. The van der Waals surface area contributed by atoms with E-state index in [0.717, 1.165) is 22.4 Å². The average molecular weight is 368 g/mol. The summed E-state index contributed by atoms with van der Waals surface area (Å²) >= 11 is 0. The maximum atomic E-state index is 4.67. The Labute approximate surface area is 163 Å². The standard InChI is InChI=1S/C22H20N6/c1-16(25-26-17-10-4-2-5-11-17)21(28-27-18-12-6-3-7-13-18)22-23-19-14-8-9-15-20(19)24-22/h2-15,26-27H,1H3,(H,23,24)/b25-16+,28-21+. The second-order valence-electron chi connectivity index (χ2n) is 6.22. The molecule has 3 N–H and O–H groups in total. The van der Waals surface area contributed by atoms with E-state index in [1.54, 1.807) is 0 Å². The highest BCUT2D eigenvalue weighted by molar-refractivity contribution is 6.47. The van der Waals surface area contributed by atoms with E-state index in [0.29, 0.717) is 17.2 Å². The fourth-order valence-electron chi connectivity index (χ4n) is 2.72. The zero-order valence-corrected chi connectivity index (χ0v) is 15.4. The van der Waals surface area contributed by atoms with E-state index in [2.05, 4.69) is 31.0 Å². The van der Waals surface area contributed by atoms with E-state index in [1.165, 1.54) is 0 Å². The van der Waals surface area contributed by atoms with Gasteiger partial charge in [0.05, 0.1) is 28.1 Å². The lowest BCUT2D eigenvalue weighted by Gasteiger charge is -2.07. The van der Waals surface area contributed by atoms with Crippen LogP contribution in [0.25, 0.3) is 11.0 Å². The molecular formula is C22H20N6. The fraction of sp³-hybridized carbons (Fsp3) is 0.0455. The second-order valence-corrected chi connectivity index (χ2v) is 6.22. The minimum Gasteiger partial charge on any atom is -0.337 e. The number of aromatic nitrogens is 2. The molecular weight excluding hydrogens is 348 g/mol. The van der Waals surface area contributed by atoms with Gasteiger partial charge in [0, 0.05) is 0 Å². The van der Waals surface area contributed by atoms with Gasteiger partial charge in [-0.1, -0.05) is 48.5 Å². The lowest BCUT2D eigenvalue weighted by molar-refractivity contribution is 1.25. The van der Waals surface area contributed by atoms with E-state index in [1.807, 2.05) is 91.9 Å².